The van der Waals surface area contributed by atoms with E-state index in [1.807, 2.05) is 18.2 Å². The van der Waals surface area contributed by atoms with Gasteiger partial charge in [-0.3, -0.25) is 9.59 Å². The zero-order valence-electron chi connectivity index (χ0n) is 13.6. The van der Waals surface area contributed by atoms with Gasteiger partial charge in [0.1, 0.15) is 11.6 Å². The molecular weight excluding hydrogens is 364 g/mol. The van der Waals surface area contributed by atoms with E-state index >= 15 is 0 Å². The van der Waals surface area contributed by atoms with E-state index in [0.29, 0.717) is 34.9 Å². The number of ether oxygens (including phenoxy) is 1. The molecular formula is C16H17ClN4O3S. The summed E-state index contributed by atoms with van der Waals surface area (Å²) in [6.07, 6.45) is 0.181. The lowest BCUT2D eigenvalue weighted by Crippen LogP contribution is -2.28. The maximum Gasteiger partial charge on any atom is 0.231 e. The first-order valence-electron chi connectivity index (χ1n) is 7.70. The van der Waals surface area contributed by atoms with Gasteiger partial charge in [-0.2, -0.15) is 0 Å². The molecule has 1 fully saturated rings. The first-order chi connectivity index (χ1) is 12.1. The number of benzene rings is 1. The third-order valence-corrected chi connectivity index (χ3v) is 5.05. The van der Waals surface area contributed by atoms with Gasteiger partial charge in [0.15, 0.2) is 0 Å². The van der Waals surface area contributed by atoms with Gasteiger partial charge in [-0.15, -0.1) is 10.2 Å². The first-order valence-corrected chi connectivity index (χ1v) is 8.89. The fourth-order valence-electron chi connectivity index (χ4n) is 2.63. The predicted octanol–water partition coefficient (Wildman–Crippen LogP) is 2.33. The van der Waals surface area contributed by atoms with Crippen molar-refractivity contribution in [3.8, 4) is 0 Å². The lowest BCUT2D eigenvalue weighted by molar-refractivity contribution is -0.128. The Morgan fingerprint density at radius 1 is 1.44 bits per heavy atom. The second-order valence-electron chi connectivity index (χ2n) is 5.69. The molecule has 1 aliphatic rings. The monoisotopic (exact) mass is 380 g/mol. The standard InChI is InChI=1S/C16H17ClN4O3S/c1-24-9-13-19-20-16(25-13)18-15(23)11-6-14(22)21(8-11)7-10-4-2-3-5-12(10)17/h2-5,11H,6-9H2,1H3,(H,18,20,23)/t11-/m0/s1. The van der Waals surface area contributed by atoms with Gasteiger partial charge in [-0.1, -0.05) is 41.1 Å². The van der Waals surface area contributed by atoms with Crippen molar-refractivity contribution >= 4 is 39.9 Å². The average molecular weight is 381 g/mol. The lowest BCUT2D eigenvalue weighted by Gasteiger charge is -2.17. The van der Waals surface area contributed by atoms with E-state index in [1.165, 1.54) is 11.3 Å². The molecule has 1 N–H and O–H groups in total. The molecule has 2 amide bonds. The molecule has 0 unspecified atom stereocenters. The summed E-state index contributed by atoms with van der Waals surface area (Å²) in [7, 11) is 1.57. The lowest BCUT2D eigenvalue weighted by atomic mass is 10.1. The van der Waals surface area contributed by atoms with Gasteiger partial charge in [0.05, 0.1) is 5.92 Å². The number of methoxy groups -OCH3 is 1. The van der Waals surface area contributed by atoms with Crippen LogP contribution in [0.2, 0.25) is 5.02 Å². The predicted molar refractivity (Wildman–Crippen MR) is 94.2 cm³/mol. The molecule has 0 radical (unpaired) electrons. The summed E-state index contributed by atoms with van der Waals surface area (Å²) in [4.78, 5) is 26.2. The molecule has 0 aliphatic carbocycles. The van der Waals surface area contributed by atoms with Crippen LogP contribution in [0.4, 0.5) is 5.13 Å². The summed E-state index contributed by atoms with van der Waals surface area (Å²) in [6.45, 7) is 1.11. The third kappa shape index (κ3) is 4.33. The van der Waals surface area contributed by atoms with Crippen LogP contribution < -0.4 is 5.32 Å². The largest absolute Gasteiger partial charge is 0.377 e. The number of hydrogen-bond donors (Lipinski definition) is 1. The number of nitrogens with zero attached hydrogens (tertiary/aromatic N) is 3. The Labute approximate surface area is 153 Å². The fraction of sp³-hybridized carbons (Fsp3) is 0.375. The Kier molecular flexibility index (Phi) is 5.62. The zero-order chi connectivity index (χ0) is 17.8. The number of amides is 2. The van der Waals surface area contributed by atoms with E-state index in [4.69, 9.17) is 16.3 Å². The summed E-state index contributed by atoms with van der Waals surface area (Å²) in [5.41, 5.74) is 0.868. The topological polar surface area (TPSA) is 84.4 Å². The van der Waals surface area contributed by atoms with Gasteiger partial charge in [0, 0.05) is 31.6 Å². The second kappa shape index (κ2) is 7.90. The summed E-state index contributed by atoms with van der Waals surface area (Å²) >= 11 is 7.40. The number of hydrogen-bond acceptors (Lipinski definition) is 6. The van der Waals surface area contributed by atoms with E-state index in [9.17, 15) is 9.59 Å². The minimum atomic E-state index is -0.412. The minimum absolute atomic E-state index is 0.0580. The number of likely N-dealkylation sites (tertiary alicyclic amines) is 1. The molecule has 1 saturated heterocycles. The Balaban J connectivity index is 1.59. The number of halogens is 1. The number of carbonyl (C=O) groups excluding carboxylic acids is 2. The molecule has 132 valence electrons. The molecule has 0 bridgehead atoms. The minimum Gasteiger partial charge on any atom is -0.377 e. The van der Waals surface area contributed by atoms with Crippen LogP contribution in [0, 0.1) is 5.92 Å². The number of aromatic nitrogens is 2. The molecule has 0 saturated carbocycles. The van der Waals surface area contributed by atoms with Crippen molar-refractivity contribution in [3.63, 3.8) is 0 Å². The molecule has 2 heterocycles. The molecule has 1 aromatic carbocycles. The van der Waals surface area contributed by atoms with Gasteiger partial charge in [0.25, 0.3) is 0 Å². The molecule has 7 nitrogen and oxygen atoms in total. The van der Waals surface area contributed by atoms with Crippen molar-refractivity contribution in [2.24, 2.45) is 5.92 Å². The SMILES string of the molecule is COCc1nnc(NC(=O)[C@H]2CC(=O)N(Cc3ccccc3Cl)C2)s1. The highest BCUT2D eigenvalue weighted by Gasteiger charge is 2.34. The van der Waals surface area contributed by atoms with Gasteiger partial charge in [-0.25, -0.2) is 0 Å². The van der Waals surface area contributed by atoms with E-state index in [2.05, 4.69) is 15.5 Å². The fourth-order valence-corrected chi connectivity index (χ4v) is 3.54. The quantitative estimate of drug-likeness (QED) is 0.831. The van der Waals surface area contributed by atoms with Crippen LogP contribution in [0.1, 0.15) is 17.0 Å². The molecule has 9 heteroatoms. The highest BCUT2D eigenvalue weighted by Crippen LogP contribution is 2.25. The molecule has 25 heavy (non-hydrogen) atoms. The van der Waals surface area contributed by atoms with E-state index in [-0.39, 0.29) is 18.2 Å². The maximum atomic E-state index is 12.4. The van der Waals surface area contributed by atoms with Crippen molar-refractivity contribution in [1.29, 1.82) is 0 Å². The summed E-state index contributed by atoms with van der Waals surface area (Å²) in [5.74, 6) is -0.697. The van der Waals surface area contributed by atoms with Gasteiger partial charge < -0.3 is 15.0 Å². The number of nitrogens with one attached hydrogen (secondary N) is 1. The van der Waals surface area contributed by atoms with Crippen molar-refractivity contribution in [2.75, 3.05) is 19.0 Å². The molecule has 0 spiro atoms. The number of rotatable bonds is 6. The van der Waals surface area contributed by atoms with Crippen molar-refractivity contribution in [1.82, 2.24) is 15.1 Å². The van der Waals surface area contributed by atoms with E-state index < -0.39 is 5.92 Å². The van der Waals surface area contributed by atoms with Crippen LogP contribution in [0.25, 0.3) is 0 Å². The van der Waals surface area contributed by atoms with Gasteiger partial charge in [-0.05, 0) is 11.6 Å². The molecule has 1 aliphatic heterocycles. The molecule has 3 rings (SSSR count). The Hall–Kier alpha value is -2.03. The summed E-state index contributed by atoms with van der Waals surface area (Å²) in [6, 6.07) is 7.38. The van der Waals surface area contributed by atoms with Crippen LogP contribution in [-0.2, 0) is 27.5 Å². The van der Waals surface area contributed by atoms with Crippen LogP contribution in [0.15, 0.2) is 24.3 Å². The Morgan fingerprint density at radius 2 is 2.24 bits per heavy atom. The van der Waals surface area contributed by atoms with Crippen molar-refractivity contribution in [3.05, 3.63) is 39.9 Å². The third-order valence-electron chi connectivity index (χ3n) is 3.87. The van der Waals surface area contributed by atoms with Crippen molar-refractivity contribution in [2.45, 2.75) is 19.6 Å². The number of anilines is 1. The van der Waals surface area contributed by atoms with Crippen LogP contribution in [0.3, 0.4) is 0 Å². The molecule has 1 atom stereocenters. The number of carbonyl (C=O) groups is 2. The molecule has 2 aromatic rings. The smallest absolute Gasteiger partial charge is 0.231 e. The summed E-state index contributed by atoms with van der Waals surface area (Å²) in [5, 5.41) is 12.3. The van der Waals surface area contributed by atoms with Crippen LogP contribution in [0.5, 0.6) is 0 Å². The van der Waals surface area contributed by atoms with Crippen molar-refractivity contribution < 1.29 is 14.3 Å². The highest BCUT2D eigenvalue weighted by molar-refractivity contribution is 7.15. The van der Waals surface area contributed by atoms with E-state index in [1.54, 1.807) is 18.1 Å². The summed E-state index contributed by atoms with van der Waals surface area (Å²) < 4.78 is 4.97. The van der Waals surface area contributed by atoms with Gasteiger partial charge >= 0.3 is 0 Å². The normalized spacial score (nSPS) is 17.1. The first kappa shape index (κ1) is 17.8. The maximum absolute atomic E-state index is 12.4. The van der Waals surface area contributed by atoms with Gasteiger partial charge in [0.2, 0.25) is 16.9 Å². The molecule has 1 aromatic heterocycles. The second-order valence-corrected chi connectivity index (χ2v) is 7.16. The Bertz CT molecular complexity index is 782. The highest BCUT2D eigenvalue weighted by atomic mass is 35.5. The average Bonchev–Trinajstić information content (AvgIpc) is 3.17. The van der Waals surface area contributed by atoms with E-state index in [0.717, 1.165) is 5.56 Å². The van der Waals surface area contributed by atoms with Crippen LogP contribution in [-0.4, -0.2) is 40.6 Å². The zero-order valence-corrected chi connectivity index (χ0v) is 15.1. The Morgan fingerprint density at radius 3 is 3.00 bits per heavy atom. The van der Waals surface area contributed by atoms with Crippen LogP contribution >= 0.6 is 22.9 Å².